The Balaban J connectivity index is 1.53. The highest BCUT2D eigenvalue weighted by Gasteiger charge is 2.36. The molecule has 0 aromatic heterocycles. The summed E-state index contributed by atoms with van der Waals surface area (Å²) in [5.41, 5.74) is 3.36. The van der Waals surface area contributed by atoms with Crippen LogP contribution < -0.4 is 4.90 Å². The molecule has 0 radical (unpaired) electrons. The van der Waals surface area contributed by atoms with Crippen molar-refractivity contribution in [3.63, 3.8) is 0 Å². The minimum Gasteiger partial charge on any atom is -0.457 e. The van der Waals surface area contributed by atoms with Crippen molar-refractivity contribution in [3.8, 4) is 0 Å². The van der Waals surface area contributed by atoms with Crippen LogP contribution in [-0.4, -0.2) is 17.8 Å². The maximum absolute atomic E-state index is 12.6. The third kappa shape index (κ3) is 3.18. The monoisotopic (exact) mass is 371 g/mol. The summed E-state index contributed by atoms with van der Waals surface area (Å²) in [5.74, 6) is -1.31. The van der Waals surface area contributed by atoms with E-state index in [-0.39, 0.29) is 12.2 Å². The van der Waals surface area contributed by atoms with Crippen LogP contribution in [0.2, 0.25) is 0 Å². The van der Waals surface area contributed by atoms with Gasteiger partial charge in [0.1, 0.15) is 6.61 Å². The molecule has 0 N–H and O–H groups in total. The summed E-state index contributed by atoms with van der Waals surface area (Å²) in [6.45, 7) is 2.14. The van der Waals surface area contributed by atoms with Gasteiger partial charge in [0.05, 0.1) is 22.4 Å². The Kier molecular flexibility index (Phi) is 4.49. The normalized spacial score (nSPS) is 12.8. The number of imide groups is 1. The summed E-state index contributed by atoms with van der Waals surface area (Å²) in [4.78, 5) is 38.7. The first-order valence-electron chi connectivity index (χ1n) is 8.85. The van der Waals surface area contributed by atoms with Crippen LogP contribution >= 0.6 is 0 Å². The number of amides is 2. The second kappa shape index (κ2) is 7.12. The first kappa shape index (κ1) is 17.7. The quantitative estimate of drug-likeness (QED) is 0.510. The number of aryl methyl sites for hydroxylation is 1. The third-order valence-corrected chi connectivity index (χ3v) is 4.62. The maximum atomic E-state index is 12.6. The molecule has 28 heavy (non-hydrogen) atoms. The van der Waals surface area contributed by atoms with Crippen LogP contribution in [0.15, 0.2) is 72.8 Å². The molecule has 1 aliphatic rings. The minimum atomic E-state index is -0.515. The lowest BCUT2D eigenvalue weighted by atomic mass is 10.1. The van der Waals surface area contributed by atoms with Crippen molar-refractivity contribution in [2.24, 2.45) is 0 Å². The van der Waals surface area contributed by atoms with E-state index in [4.69, 9.17) is 4.74 Å². The van der Waals surface area contributed by atoms with E-state index in [0.717, 1.165) is 16.0 Å². The summed E-state index contributed by atoms with van der Waals surface area (Å²) in [6.07, 6.45) is 0. The molecule has 1 aliphatic heterocycles. The smallest absolute Gasteiger partial charge is 0.338 e. The highest BCUT2D eigenvalue weighted by Crippen LogP contribution is 2.28. The highest BCUT2D eigenvalue weighted by atomic mass is 16.5. The molecule has 4 rings (SSSR count). The summed E-state index contributed by atoms with van der Waals surface area (Å²) in [7, 11) is 0. The Bertz CT molecular complexity index is 1050. The molecule has 0 fully saturated rings. The average molecular weight is 371 g/mol. The zero-order valence-electron chi connectivity index (χ0n) is 15.2. The first-order chi connectivity index (χ1) is 13.5. The van der Waals surface area contributed by atoms with Crippen molar-refractivity contribution in [3.05, 3.63) is 101 Å². The predicted octanol–water partition coefficient (Wildman–Crippen LogP) is 4.15. The molecule has 0 saturated heterocycles. The number of benzene rings is 3. The number of hydrogen-bond acceptors (Lipinski definition) is 4. The van der Waals surface area contributed by atoms with Gasteiger partial charge in [-0.15, -0.1) is 0 Å². The number of rotatable bonds is 4. The van der Waals surface area contributed by atoms with Gasteiger partial charge >= 0.3 is 5.97 Å². The molecular formula is C23H17NO4. The molecule has 0 saturated carbocycles. The van der Waals surface area contributed by atoms with Crippen LogP contribution in [0.25, 0.3) is 0 Å². The van der Waals surface area contributed by atoms with E-state index < -0.39 is 17.8 Å². The van der Waals surface area contributed by atoms with Crippen molar-refractivity contribution >= 4 is 23.5 Å². The topological polar surface area (TPSA) is 63.7 Å². The number of hydrogen-bond donors (Lipinski definition) is 0. The van der Waals surface area contributed by atoms with Gasteiger partial charge in [-0.1, -0.05) is 48.0 Å². The second-order valence-corrected chi connectivity index (χ2v) is 6.60. The standard InChI is InChI=1S/C23H17NO4/c1-15-9-11-16(12-10-15)14-28-23(27)17-5-4-6-18(13-17)24-21(25)19-7-2-3-8-20(19)22(24)26/h2-13H,14H2,1H3. The SMILES string of the molecule is Cc1ccc(COC(=O)c2cccc(N3C(=O)c4ccccc4C3=O)c2)cc1. The van der Waals surface area contributed by atoms with Gasteiger partial charge in [0.2, 0.25) is 0 Å². The average Bonchev–Trinajstić information content (AvgIpc) is 2.98. The molecule has 0 unspecified atom stereocenters. The van der Waals surface area contributed by atoms with Gasteiger partial charge in [-0.2, -0.15) is 0 Å². The fourth-order valence-corrected chi connectivity index (χ4v) is 3.11. The fraction of sp³-hybridized carbons (Fsp3) is 0.0870. The number of anilines is 1. The molecule has 3 aromatic carbocycles. The van der Waals surface area contributed by atoms with Gasteiger partial charge in [0.15, 0.2) is 0 Å². The number of carbonyl (C=O) groups excluding carboxylic acids is 3. The van der Waals surface area contributed by atoms with Gasteiger partial charge in [-0.05, 0) is 42.8 Å². The Morgan fingerprint density at radius 1 is 0.857 bits per heavy atom. The minimum absolute atomic E-state index is 0.149. The van der Waals surface area contributed by atoms with E-state index >= 15 is 0 Å². The summed E-state index contributed by atoms with van der Waals surface area (Å²) in [5, 5.41) is 0. The van der Waals surface area contributed by atoms with Gasteiger partial charge in [-0.3, -0.25) is 9.59 Å². The van der Waals surface area contributed by atoms with Gasteiger partial charge in [0.25, 0.3) is 11.8 Å². The zero-order chi connectivity index (χ0) is 19.7. The van der Waals surface area contributed by atoms with E-state index in [0.29, 0.717) is 16.8 Å². The molecule has 0 spiro atoms. The first-order valence-corrected chi connectivity index (χ1v) is 8.85. The van der Waals surface area contributed by atoms with Crippen molar-refractivity contribution in [2.75, 3.05) is 4.90 Å². The Morgan fingerprint density at radius 3 is 2.14 bits per heavy atom. The van der Waals surface area contributed by atoms with Crippen LogP contribution in [0.1, 0.15) is 42.2 Å². The Hall–Kier alpha value is -3.73. The number of fused-ring (bicyclic) bond motifs is 1. The predicted molar refractivity (Wildman–Crippen MR) is 104 cm³/mol. The van der Waals surface area contributed by atoms with E-state index in [1.165, 1.54) is 6.07 Å². The van der Waals surface area contributed by atoms with Crippen molar-refractivity contribution in [2.45, 2.75) is 13.5 Å². The number of esters is 1. The van der Waals surface area contributed by atoms with Gasteiger partial charge < -0.3 is 4.74 Å². The highest BCUT2D eigenvalue weighted by molar-refractivity contribution is 6.34. The second-order valence-electron chi connectivity index (χ2n) is 6.60. The lowest BCUT2D eigenvalue weighted by molar-refractivity contribution is 0.0472. The largest absolute Gasteiger partial charge is 0.457 e. The lowest BCUT2D eigenvalue weighted by Gasteiger charge is -2.15. The van der Waals surface area contributed by atoms with Crippen LogP contribution in [0.4, 0.5) is 5.69 Å². The van der Waals surface area contributed by atoms with E-state index in [1.807, 2.05) is 31.2 Å². The molecule has 138 valence electrons. The molecule has 0 atom stereocenters. The van der Waals surface area contributed by atoms with Crippen LogP contribution in [0, 0.1) is 6.92 Å². The Labute approximate surface area is 162 Å². The molecule has 0 bridgehead atoms. The van der Waals surface area contributed by atoms with E-state index in [9.17, 15) is 14.4 Å². The summed E-state index contributed by atoms with van der Waals surface area (Å²) >= 11 is 0. The zero-order valence-corrected chi connectivity index (χ0v) is 15.2. The molecule has 5 nitrogen and oxygen atoms in total. The molecule has 0 aliphatic carbocycles. The van der Waals surface area contributed by atoms with Crippen molar-refractivity contribution < 1.29 is 19.1 Å². The van der Waals surface area contributed by atoms with E-state index in [2.05, 4.69) is 0 Å². The molecule has 2 amide bonds. The van der Waals surface area contributed by atoms with E-state index in [1.54, 1.807) is 42.5 Å². The molecular weight excluding hydrogens is 354 g/mol. The number of ether oxygens (including phenoxy) is 1. The Morgan fingerprint density at radius 2 is 1.50 bits per heavy atom. The van der Waals surface area contributed by atoms with Crippen LogP contribution in [0.3, 0.4) is 0 Å². The van der Waals surface area contributed by atoms with Gasteiger partial charge in [-0.25, -0.2) is 9.69 Å². The number of nitrogens with zero attached hydrogens (tertiary/aromatic N) is 1. The number of carbonyl (C=O) groups is 3. The van der Waals surface area contributed by atoms with Crippen LogP contribution in [-0.2, 0) is 11.3 Å². The molecule has 1 heterocycles. The third-order valence-electron chi connectivity index (χ3n) is 4.62. The summed E-state index contributed by atoms with van der Waals surface area (Å²) < 4.78 is 5.36. The van der Waals surface area contributed by atoms with Crippen molar-refractivity contribution in [1.29, 1.82) is 0 Å². The van der Waals surface area contributed by atoms with Crippen LogP contribution in [0.5, 0.6) is 0 Å². The molecule has 5 heteroatoms. The summed E-state index contributed by atoms with van der Waals surface area (Å²) in [6, 6.07) is 20.7. The lowest BCUT2D eigenvalue weighted by Crippen LogP contribution is -2.29. The fourth-order valence-electron chi connectivity index (χ4n) is 3.11. The van der Waals surface area contributed by atoms with Gasteiger partial charge in [0, 0.05) is 0 Å². The molecule has 3 aromatic rings. The maximum Gasteiger partial charge on any atom is 0.338 e. The van der Waals surface area contributed by atoms with Crippen molar-refractivity contribution in [1.82, 2.24) is 0 Å².